The summed E-state index contributed by atoms with van der Waals surface area (Å²) in [6.45, 7) is 0.711. The van der Waals surface area contributed by atoms with E-state index in [1.807, 2.05) is 12.1 Å². The Labute approximate surface area is 154 Å². The third kappa shape index (κ3) is 2.62. The van der Waals surface area contributed by atoms with Crippen LogP contribution in [-0.4, -0.2) is 6.61 Å². The smallest absolute Gasteiger partial charge is 0.237 e. The van der Waals surface area contributed by atoms with Gasteiger partial charge in [-0.2, -0.15) is 0 Å². The summed E-state index contributed by atoms with van der Waals surface area (Å²) in [5.74, 6) is 1.20. The van der Waals surface area contributed by atoms with Gasteiger partial charge >= 0.3 is 0 Å². The molecule has 2 nitrogen and oxygen atoms in total. The zero-order chi connectivity index (χ0) is 17.4. The summed E-state index contributed by atoms with van der Waals surface area (Å²) in [4.78, 5) is 0. The van der Waals surface area contributed by atoms with Gasteiger partial charge in [0, 0.05) is 12.0 Å². The van der Waals surface area contributed by atoms with E-state index >= 15 is 0 Å². The molecule has 0 aromatic heterocycles. The van der Waals surface area contributed by atoms with Crippen molar-refractivity contribution in [2.24, 2.45) is 5.92 Å². The van der Waals surface area contributed by atoms with Gasteiger partial charge in [-0.25, -0.2) is 0 Å². The van der Waals surface area contributed by atoms with Crippen molar-refractivity contribution < 1.29 is 9.47 Å². The highest BCUT2D eigenvalue weighted by Gasteiger charge is 2.49. The van der Waals surface area contributed by atoms with E-state index in [1.165, 1.54) is 11.1 Å². The summed E-state index contributed by atoms with van der Waals surface area (Å²) >= 11 is 0. The molecule has 2 heterocycles. The van der Waals surface area contributed by atoms with Crippen molar-refractivity contribution in [3.63, 3.8) is 0 Å². The molecule has 2 aliphatic heterocycles. The van der Waals surface area contributed by atoms with Crippen LogP contribution in [0.15, 0.2) is 84.9 Å². The lowest BCUT2D eigenvalue weighted by molar-refractivity contribution is -0.242. The maximum Gasteiger partial charge on any atom is 0.237 e. The summed E-state index contributed by atoms with van der Waals surface area (Å²) in [7, 11) is 0. The van der Waals surface area contributed by atoms with Crippen molar-refractivity contribution in [1.29, 1.82) is 0 Å². The zero-order valence-corrected chi connectivity index (χ0v) is 14.7. The number of ether oxygens (including phenoxy) is 2. The van der Waals surface area contributed by atoms with Crippen LogP contribution < -0.4 is 4.74 Å². The second-order valence-electron chi connectivity index (χ2n) is 7.33. The SMILES string of the molecule is c1ccc(C[C@H]2CO[C@]3(c4ccccc4)C[C@H]2c2ccccc2O3)cc1. The molecule has 0 N–H and O–H groups in total. The molecule has 0 saturated carbocycles. The highest BCUT2D eigenvalue weighted by Crippen LogP contribution is 2.53. The predicted molar refractivity (Wildman–Crippen MR) is 102 cm³/mol. The van der Waals surface area contributed by atoms with Crippen LogP contribution in [0.25, 0.3) is 0 Å². The monoisotopic (exact) mass is 342 g/mol. The van der Waals surface area contributed by atoms with E-state index in [9.17, 15) is 0 Å². The molecule has 26 heavy (non-hydrogen) atoms. The van der Waals surface area contributed by atoms with E-state index < -0.39 is 5.79 Å². The van der Waals surface area contributed by atoms with Gasteiger partial charge in [0.05, 0.1) is 6.61 Å². The lowest BCUT2D eigenvalue weighted by atomic mass is 9.73. The Morgan fingerprint density at radius 3 is 2.31 bits per heavy atom. The minimum Gasteiger partial charge on any atom is -0.458 e. The molecule has 1 fully saturated rings. The molecule has 2 aliphatic rings. The fourth-order valence-electron chi connectivity index (χ4n) is 4.44. The van der Waals surface area contributed by atoms with Crippen LogP contribution in [0.4, 0.5) is 0 Å². The maximum atomic E-state index is 6.45. The first kappa shape index (κ1) is 15.7. The van der Waals surface area contributed by atoms with E-state index in [2.05, 4.69) is 72.8 Å². The van der Waals surface area contributed by atoms with Crippen LogP contribution in [0.1, 0.15) is 29.0 Å². The summed E-state index contributed by atoms with van der Waals surface area (Å²) in [5.41, 5.74) is 3.80. The number of fused-ring (bicyclic) bond motifs is 4. The molecule has 0 unspecified atom stereocenters. The van der Waals surface area contributed by atoms with Gasteiger partial charge in [-0.05, 0) is 35.4 Å². The van der Waals surface area contributed by atoms with Crippen LogP contribution >= 0.6 is 0 Å². The minimum atomic E-state index is -0.659. The largest absolute Gasteiger partial charge is 0.458 e. The van der Waals surface area contributed by atoms with Crippen LogP contribution in [-0.2, 0) is 16.9 Å². The molecule has 2 bridgehead atoms. The van der Waals surface area contributed by atoms with E-state index in [4.69, 9.17) is 9.47 Å². The quantitative estimate of drug-likeness (QED) is 0.643. The van der Waals surface area contributed by atoms with Crippen molar-refractivity contribution in [2.45, 2.75) is 24.5 Å². The summed E-state index contributed by atoms with van der Waals surface area (Å²) < 4.78 is 12.9. The number of para-hydroxylation sites is 1. The Morgan fingerprint density at radius 1 is 0.808 bits per heavy atom. The molecule has 2 heteroatoms. The van der Waals surface area contributed by atoms with Gasteiger partial charge in [0.1, 0.15) is 5.75 Å². The Balaban J connectivity index is 1.54. The second kappa shape index (κ2) is 6.30. The Kier molecular flexibility index (Phi) is 3.79. The summed E-state index contributed by atoms with van der Waals surface area (Å²) in [6.07, 6.45) is 1.90. The zero-order valence-electron chi connectivity index (χ0n) is 14.7. The normalized spacial score (nSPS) is 26.6. The average Bonchev–Trinajstić information content (AvgIpc) is 2.72. The minimum absolute atomic E-state index is 0.439. The molecule has 0 aliphatic carbocycles. The molecular weight excluding hydrogens is 320 g/mol. The molecule has 0 spiro atoms. The lowest BCUT2D eigenvalue weighted by Crippen LogP contribution is -2.48. The van der Waals surface area contributed by atoms with Gasteiger partial charge in [-0.1, -0.05) is 78.9 Å². The van der Waals surface area contributed by atoms with Gasteiger partial charge in [0.25, 0.3) is 0 Å². The number of benzene rings is 3. The third-order valence-corrected chi connectivity index (χ3v) is 5.74. The maximum absolute atomic E-state index is 6.45. The molecule has 130 valence electrons. The number of hydrogen-bond acceptors (Lipinski definition) is 2. The standard InChI is InChI=1S/C24H22O2/c1-3-9-18(10-4-1)15-19-17-25-24(20-11-5-2-6-12-20)16-22(19)21-13-7-8-14-23(21)26-24/h1-14,19,22H,15-17H2/t19-,22+,24+/m0/s1. The Morgan fingerprint density at radius 2 is 1.50 bits per heavy atom. The van der Waals surface area contributed by atoms with Crippen molar-refractivity contribution in [3.05, 3.63) is 102 Å². The van der Waals surface area contributed by atoms with Crippen molar-refractivity contribution in [2.75, 3.05) is 6.61 Å². The fourth-order valence-corrected chi connectivity index (χ4v) is 4.44. The first-order valence-electron chi connectivity index (χ1n) is 9.35. The third-order valence-electron chi connectivity index (χ3n) is 5.74. The summed E-state index contributed by atoms with van der Waals surface area (Å²) in [6, 6.07) is 29.6. The van der Waals surface area contributed by atoms with Gasteiger partial charge in [-0.3, -0.25) is 0 Å². The molecule has 0 radical (unpaired) electrons. The predicted octanol–water partition coefficient (Wildman–Crippen LogP) is 5.29. The summed E-state index contributed by atoms with van der Waals surface area (Å²) in [5, 5.41) is 0. The van der Waals surface area contributed by atoms with E-state index in [0.29, 0.717) is 18.4 Å². The molecule has 3 aromatic rings. The molecule has 3 aromatic carbocycles. The Hall–Kier alpha value is -2.58. The first-order valence-corrected chi connectivity index (χ1v) is 9.35. The molecule has 5 rings (SSSR count). The highest BCUT2D eigenvalue weighted by molar-refractivity contribution is 5.42. The highest BCUT2D eigenvalue weighted by atomic mass is 16.7. The van der Waals surface area contributed by atoms with E-state index in [0.717, 1.165) is 24.2 Å². The number of rotatable bonds is 3. The molecule has 3 atom stereocenters. The number of hydrogen-bond donors (Lipinski definition) is 0. The fraction of sp³-hybridized carbons (Fsp3) is 0.250. The van der Waals surface area contributed by atoms with Crippen molar-refractivity contribution in [1.82, 2.24) is 0 Å². The molecule has 0 amide bonds. The van der Waals surface area contributed by atoms with E-state index in [-0.39, 0.29) is 0 Å². The van der Waals surface area contributed by atoms with Crippen molar-refractivity contribution in [3.8, 4) is 5.75 Å². The van der Waals surface area contributed by atoms with Crippen LogP contribution in [0, 0.1) is 5.92 Å². The average molecular weight is 342 g/mol. The van der Waals surface area contributed by atoms with Crippen LogP contribution in [0.3, 0.4) is 0 Å². The Bertz CT molecular complexity index is 890. The van der Waals surface area contributed by atoms with Crippen molar-refractivity contribution >= 4 is 0 Å². The van der Waals surface area contributed by atoms with Crippen LogP contribution in [0.2, 0.25) is 0 Å². The second-order valence-corrected chi connectivity index (χ2v) is 7.33. The lowest BCUT2D eigenvalue weighted by Gasteiger charge is -2.49. The molecule has 1 saturated heterocycles. The van der Waals surface area contributed by atoms with Gasteiger partial charge in [-0.15, -0.1) is 0 Å². The first-order chi connectivity index (χ1) is 12.8. The van der Waals surface area contributed by atoms with Crippen LogP contribution in [0.5, 0.6) is 5.75 Å². The van der Waals surface area contributed by atoms with E-state index in [1.54, 1.807) is 0 Å². The van der Waals surface area contributed by atoms with Gasteiger partial charge in [0.15, 0.2) is 0 Å². The van der Waals surface area contributed by atoms with Gasteiger partial charge < -0.3 is 9.47 Å². The topological polar surface area (TPSA) is 18.5 Å². The molecular formula is C24H22O2. The van der Waals surface area contributed by atoms with Gasteiger partial charge in [0.2, 0.25) is 5.79 Å².